The molecular weight excluding hydrogens is 290 g/mol. The third kappa shape index (κ3) is 2.98. The van der Waals surface area contributed by atoms with Crippen LogP contribution in [-0.2, 0) is 6.54 Å². The average Bonchev–Trinajstić information content (AvgIpc) is 2.96. The summed E-state index contributed by atoms with van der Waals surface area (Å²) in [5, 5.41) is 8.99. The Labute approximate surface area is 136 Å². The molecule has 0 N–H and O–H groups in total. The lowest BCUT2D eigenvalue weighted by molar-refractivity contribution is 0.355. The Hall–Kier alpha value is -2.22. The zero-order valence-electron chi connectivity index (χ0n) is 13.8. The van der Waals surface area contributed by atoms with Gasteiger partial charge in [0.25, 0.3) is 0 Å². The summed E-state index contributed by atoms with van der Waals surface area (Å²) in [5.74, 6) is 3.01. The molecule has 1 aliphatic carbocycles. The minimum Gasteiger partial charge on any atom is -0.493 e. The number of fused-ring (bicyclic) bond motifs is 1. The number of hydrogen-bond acceptors (Lipinski definition) is 4. The SMILES string of the molecule is COc1cc2nc(C3CCCCC3)n(CCC#N)c2cc1OC. The van der Waals surface area contributed by atoms with Crippen molar-refractivity contribution in [2.24, 2.45) is 0 Å². The summed E-state index contributed by atoms with van der Waals surface area (Å²) in [6.45, 7) is 0.675. The van der Waals surface area contributed by atoms with Crippen LogP contribution < -0.4 is 9.47 Å². The summed E-state index contributed by atoms with van der Waals surface area (Å²) in [6, 6.07) is 6.16. The van der Waals surface area contributed by atoms with E-state index in [1.807, 2.05) is 12.1 Å². The van der Waals surface area contributed by atoms with Gasteiger partial charge >= 0.3 is 0 Å². The Balaban J connectivity index is 2.11. The highest BCUT2D eigenvalue weighted by Gasteiger charge is 2.23. The number of aromatic nitrogens is 2. The van der Waals surface area contributed by atoms with E-state index in [0.29, 0.717) is 30.4 Å². The molecule has 1 aliphatic rings. The fourth-order valence-electron chi connectivity index (χ4n) is 3.54. The standard InChI is InChI=1S/C18H23N3O2/c1-22-16-11-14-15(12-17(16)23-2)21(10-6-9-19)18(20-14)13-7-4-3-5-8-13/h11-13H,3-8,10H2,1-2H3. The van der Waals surface area contributed by atoms with Gasteiger partial charge in [0.05, 0.1) is 37.7 Å². The van der Waals surface area contributed by atoms with E-state index in [1.165, 1.54) is 32.1 Å². The van der Waals surface area contributed by atoms with Crippen molar-refractivity contribution in [3.8, 4) is 17.6 Å². The van der Waals surface area contributed by atoms with E-state index < -0.39 is 0 Å². The maximum Gasteiger partial charge on any atom is 0.163 e. The van der Waals surface area contributed by atoms with Gasteiger partial charge in [0.1, 0.15) is 5.82 Å². The van der Waals surface area contributed by atoms with Crippen LogP contribution in [0.3, 0.4) is 0 Å². The molecule has 0 radical (unpaired) electrons. The first-order valence-electron chi connectivity index (χ1n) is 8.27. The number of benzene rings is 1. The van der Waals surface area contributed by atoms with Crippen LogP contribution in [0.1, 0.15) is 50.3 Å². The van der Waals surface area contributed by atoms with Gasteiger partial charge in [-0.2, -0.15) is 5.26 Å². The molecule has 1 aromatic heterocycles. The van der Waals surface area contributed by atoms with Gasteiger partial charge in [-0.05, 0) is 12.8 Å². The first kappa shape index (κ1) is 15.7. The maximum atomic E-state index is 8.99. The summed E-state index contributed by atoms with van der Waals surface area (Å²) < 4.78 is 13.0. The van der Waals surface area contributed by atoms with Crippen LogP contribution >= 0.6 is 0 Å². The molecule has 0 aliphatic heterocycles. The third-order valence-electron chi connectivity index (χ3n) is 4.70. The fraction of sp³-hybridized carbons (Fsp3) is 0.556. The van der Waals surface area contributed by atoms with E-state index in [4.69, 9.17) is 19.7 Å². The van der Waals surface area contributed by atoms with Crippen LogP contribution in [0.4, 0.5) is 0 Å². The summed E-state index contributed by atoms with van der Waals surface area (Å²) in [7, 11) is 3.28. The van der Waals surface area contributed by atoms with E-state index in [0.717, 1.165) is 16.9 Å². The van der Waals surface area contributed by atoms with Gasteiger partial charge in [-0.25, -0.2) is 4.98 Å². The van der Waals surface area contributed by atoms with E-state index >= 15 is 0 Å². The molecule has 5 heteroatoms. The lowest BCUT2D eigenvalue weighted by atomic mass is 9.88. The van der Waals surface area contributed by atoms with Crippen molar-refractivity contribution in [2.45, 2.75) is 51.0 Å². The number of nitrogens with zero attached hydrogens (tertiary/aromatic N) is 3. The number of nitriles is 1. The predicted molar refractivity (Wildman–Crippen MR) is 88.9 cm³/mol. The quantitative estimate of drug-likeness (QED) is 0.836. The number of hydrogen-bond donors (Lipinski definition) is 0. The third-order valence-corrected chi connectivity index (χ3v) is 4.70. The van der Waals surface area contributed by atoms with E-state index in [2.05, 4.69) is 10.6 Å². The lowest BCUT2D eigenvalue weighted by Gasteiger charge is -2.22. The largest absolute Gasteiger partial charge is 0.493 e. The lowest BCUT2D eigenvalue weighted by Crippen LogP contribution is -2.12. The van der Waals surface area contributed by atoms with Crippen molar-refractivity contribution in [1.29, 1.82) is 5.26 Å². The molecule has 23 heavy (non-hydrogen) atoms. The summed E-state index contributed by atoms with van der Waals surface area (Å²) in [4.78, 5) is 4.89. The van der Waals surface area contributed by atoms with Gasteiger partial charge in [-0.1, -0.05) is 19.3 Å². The number of imidazole rings is 1. The average molecular weight is 313 g/mol. The summed E-state index contributed by atoms with van der Waals surface area (Å²) in [6.07, 6.45) is 6.70. The Morgan fingerprint density at radius 3 is 2.52 bits per heavy atom. The Morgan fingerprint density at radius 2 is 1.87 bits per heavy atom. The first-order valence-corrected chi connectivity index (χ1v) is 8.27. The van der Waals surface area contributed by atoms with Crippen molar-refractivity contribution in [1.82, 2.24) is 9.55 Å². The van der Waals surface area contributed by atoms with Crippen LogP contribution in [0.2, 0.25) is 0 Å². The molecule has 0 spiro atoms. The molecule has 1 fully saturated rings. The number of aryl methyl sites for hydroxylation is 1. The van der Waals surface area contributed by atoms with Crippen LogP contribution in [0.15, 0.2) is 12.1 Å². The smallest absolute Gasteiger partial charge is 0.163 e. The molecule has 1 saturated carbocycles. The molecule has 0 saturated heterocycles. The molecule has 5 nitrogen and oxygen atoms in total. The highest BCUT2D eigenvalue weighted by atomic mass is 16.5. The second kappa shape index (κ2) is 6.91. The second-order valence-electron chi connectivity index (χ2n) is 6.06. The van der Waals surface area contributed by atoms with Gasteiger partial charge in [-0.3, -0.25) is 0 Å². The molecule has 122 valence electrons. The molecule has 2 aromatic rings. The molecule has 0 unspecified atom stereocenters. The van der Waals surface area contributed by atoms with Crippen LogP contribution in [0, 0.1) is 11.3 Å². The van der Waals surface area contributed by atoms with Gasteiger partial charge < -0.3 is 14.0 Å². The molecule has 3 rings (SSSR count). The molecule has 0 bridgehead atoms. The monoisotopic (exact) mass is 313 g/mol. The Bertz CT molecular complexity index is 724. The van der Waals surface area contributed by atoms with Gasteiger partial charge in [-0.15, -0.1) is 0 Å². The minimum atomic E-state index is 0.486. The Morgan fingerprint density at radius 1 is 1.17 bits per heavy atom. The number of methoxy groups -OCH3 is 2. The highest BCUT2D eigenvalue weighted by Crippen LogP contribution is 2.37. The normalized spacial score (nSPS) is 15.5. The van der Waals surface area contributed by atoms with Crippen LogP contribution in [0.5, 0.6) is 11.5 Å². The van der Waals surface area contributed by atoms with Gasteiger partial charge in [0, 0.05) is 24.6 Å². The van der Waals surface area contributed by atoms with Crippen molar-refractivity contribution in [2.75, 3.05) is 14.2 Å². The maximum absolute atomic E-state index is 8.99. The summed E-state index contributed by atoms with van der Waals surface area (Å²) >= 11 is 0. The number of rotatable bonds is 5. The van der Waals surface area contributed by atoms with Crippen molar-refractivity contribution in [3.63, 3.8) is 0 Å². The fourth-order valence-corrected chi connectivity index (χ4v) is 3.54. The molecule has 0 atom stereocenters. The van der Waals surface area contributed by atoms with Gasteiger partial charge in [0.2, 0.25) is 0 Å². The van der Waals surface area contributed by atoms with E-state index in [-0.39, 0.29) is 0 Å². The first-order chi connectivity index (χ1) is 11.3. The minimum absolute atomic E-state index is 0.486. The van der Waals surface area contributed by atoms with E-state index in [9.17, 15) is 0 Å². The number of ether oxygens (including phenoxy) is 2. The van der Waals surface area contributed by atoms with E-state index in [1.54, 1.807) is 14.2 Å². The Kier molecular flexibility index (Phi) is 4.71. The summed E-state index contributed by atoms with van der Waals surface area (Å²) in [5.41, 5.74) is 1.94. The molecular formula is C18H23N3O2. The molecule has 0 amide bonds. The van der Waals surface area contributed by atoms with Crippen LogP contribution in [-0.4, -0.2) is 23.8 Å². The molecule has 1 aromatic carbocycles. The van der Waals surface area contributed by atoms with Crippen molar-refractivity contribution >= 4 is 11.0 Å². The van der Waals surface area contributed by atoms with Crippen LogP contribution in [0.25, 0.3) is 11.0 Å². The molecule has 1 heterocycles. The zero-order chi connectivity index (χ0) is 16.2. The topological polar surface area (TPSA) is 60.1 Å². The van der Waals surface area contributed by atoms with Gasteiger partial charge in [0.15, 0.2) is 11.5 Å². The zero-order valence-corrected chi connectivity index (χ0v) is 13.8. The highest BCUT2D eigenvalue weighted by molar-refractivity contribution is 5.80. The second-order valence-corrected chi connectivity index (χ2v) is 6.06. The van der Waals surface area contributed by atoms with Crippen molar-refractivity contribution < 1.29 is 9.47 Å². The predicted octanol–water partition coefficient (Wildman–Crippen LogP) is 4.01. The van der Waals surface area contributed by atoms with Crippen molar-refractivity contribution in [3.05, 3.63) is 18.0 Å².